The minimum atomic E-state index is 0.994. The zero-order valence-electron chi connectivity index (χ0n) is 16.5. The second-order valence-corrected chi connectivity index (χ2v) is 9.54. The Hall–Kier alpha value is -2.18. The van der Waals surface area contributed by atoms with Crippen LogP contribution < -0.4 is 9.80 Å². The molecule has 0 N–H and O–H groups in total. The minimum Gasteiger partial charge on any atom is -0.345 e. The van der Waals surface area contributed by atoms with Gasteiger partial charge >= 0.3 is 0 Å². The number of piperazine rings is 1. The van der Waals surface area contributed by atoms with Crippen molar-refractivity contribution in [2.45, 2.75) is 27.2 Å². The average molecular weight is 409 g/mol. The molecule has 0 amide bonds. The standard InChI is InChI=1S/C22H24N4S2/c1-4-16-5-6-17-19(13-16)27-21(23-17)25-7-9-26(10-8-25)22-24-18-12-14(2)11-15(3)20(18)28-22/h5-6,11-13H,4,7-10H2,1-3H3. The summed E-state index contributed by atoms with van der Waals surface area (Å²) in [7, 11) is 0. The Morgan fingerprint density at radius 2 is 1.54 bits per heavy atom. The third-order valence-corrected chi connectivity index (χ3v) is 7.83. The Kier molecular flexibility index (Phi) is 4.48. The van der Waals surface area contributed by atoms with Crippen LogP contribution in [0, 0.1) is 13.8 Å². The van der Waals surface area contributed by atoms with E-state index < -0.39 is 0 Å². The van der Waals surface area contributed by atoms with E-state index in [2.05, 4.69) is 60.9 Å². The maximum atomic E-state index is 4.92. The van der Waals surface area contributed by atoms with E-state index in [0.717, 1.165) is 53.9 Å². The zero-order chi connectivity index (χ0) is 19.3. The van der Waals surface area contributed by atoms with Crippen LogP contribution >= 0.6 is 22.7 Å². The van der Waals surface area contributed by atoms with Crippen LogP contribution in [-0.2, 0) is 6.42 Å². The maximum absolute atomic E-state index is 4.92. The average Bonchev–Trinajstić information content (AvgIpc) is 3.31. The fraction of sp³-hybridized carbons (Fsp3) is 0.364. The molecule has 3 heterocycles. The van der Waals surface area contributed by atoms with Crippen molar-refractivity contribution in [3.8, 4) is 0 Å². The fourth-order valence-corrected chi connectivity index (χ4v) is 6.05. The van der Waals surface area contributed by atoms with Gasteiger partial charge in [-0.15, -0.1) is 0 Å². The van der Waals surface area contributed by atoms with Crippen LogP contribution in [0.4, 0.5) is 10.3 Å². The lowest BCUT2D eigenvalue weighted by molar-refractivity contribution is 0.651. The summed E-state index contributed by atoms with van der Waals surface area (Å²) in [5, 5.41) is 2.30. The molecule has 0 spiro atoms. The van der Waals surface area contributed by atoms with Crippen molar-refractivity contribution >= 4 is 53.4 Å². The largest absolute Gasteiger partial charge is 0.345 e. The number of rotatable bonds is 3. The smallest absolute Gasteiger partial charge is 0.186 e. The first-order valence-electron chi connectivity index (χ1n) is 9.88. The Bertz CT molecular complexity index is 1150. The lowest BCUT2D eigenvalue weighted by atomic mass is 10.1. The molecule has 4 nitrogen and oxygen atoms in total. The van der Waals surface area contributed by atoms with Crippen LogP contribution in [0.5, 0.6) is 0 Å². The van der Waals surface area contributed by atoms with Crippen molar-refractivity contribution in [2.75, 3.05) is 36.0 Å². The first kappa shape index (κ1) is 17.9. The van der Waals surface area contributed by atoms with Crippen molar-refractivity contribution in [1.29, 1.82) is 0 Å². The van der Waals surface area contributed by atoms with Gasteiger partial charge in [0.1, 0.15) is 0 Å². The molecule has 1 aliphatic heterocycles. The van der Waals surface area contributed by atoms with E-state index in [0.29, 0.717) is 0 Å². The Morgan fingerprint density at radius 1 is 0.857 bits per heavy atom. The highest BCUT2D eigenvalue weighted by atomic mass is 32.1. The molecule has 0 radical (unpaired) electrons. The molecule has 0 atom stereocenters. The van der Waals surface area contributed by atoms with Crippen molar-refractivity contribution in [3.05, 3.63) is 47.0 Å². The summed E-state index contributed by atoms with van der Waals surface area (Å²) in [4.78, 5) is 14.7. The summed E-state index contributed by atoms with van der Waals surface area (Å²) in [6.45, 7) is 10.5. The predicted molar refractivity (Wildman–Crippen MR) is 123 cm³/mol. The summed E-state index contributed by atoms with van der Waals surface area (Å²) >= 11 is 3.65. The monoisotopic (exact) mass is 408 g/mol. The molecular formula is C22H24N4S2. The van der Waals surface area contributed by atoms with Gasteiger partial charge in [0.25, 0.3) is 0 Å². The van der Waals surface area contributed by atoms with Gasteiger partial charge in [-0.2, -0.15) is 0 Å². The second-order valence-electron chi connectivity index (χ2n) is 7.55. The molecule has 5 rings (SSSR count). The van der Waals surface area contributed by atoms with Gasteiger partial charge in [0.15, 0.2) is 10.3 Å². The first-order chi connectivity index (χ1) is 13.6. The third-order valence-electron chi connectivity index (χ3n) is 5.48. The third kappa shape index (κ3) is 3.14. The number of hydrogen-bond donors (Lipinski definition) is 0. The number of hydrogen-bond acceptors (Lipinski definition) is 6. The summed E-state index contributed by atoms with van der Waals surface area (Å²) in [6, 6.07) is 11.1. The topological polar surface area (TPSA) is 32.3 Å². The van der Waals surface area contributed by atoms with Gasteiger partial charge in [-0.25, -0.2) is 9.97 Å². The summed E-state index contributed by atoms with van der Waals surface area (Å²) < 4.78 is 2.62. The first-order valence-corrected chi connectivity index (χ1v) is 11.5. The van der Waals surface area contributed by atoms with Gasteiger partial charge in [0.2, 0.25) is 0 Å². The van der Waals surface area contributed by atoms with Crippen LogP contribution in [0.1, 0.15) is 23.6 Å². The Balaban J connectivity index is 1.34. The molecule has 0 saturated carbocycles. The second kappa shape index (κ2) is 7.01. The number of aryl methyl sites for hydroxylation is 3. The lowest BCUT2D eigenvalue weighted by Crippen LogP contribution is -2.46. The normalized spacial score (nSPS) is 15.1. The van der Waals surface area contributed by atoms with Crippen molar-refractivity contribution in [1.82, 2.24) is 9.97 Å². The van der Waals surface area contributed by atoms with Gasteiger partial charge in [0.05, 0.1) is 20.4 Å². The molecule has 2 aromatic carbocycles. The van der Waals surface area contributed by atoms with Gasteiger partial charge in [-0.3, -0.25) is 0 Å². The molecule has 28 heavy (non-hydrogen) atoms. The summed E-state index contributed by atoms with van der Waals surface area (Å²) in [5.74, 6) is 0. The molecular weight excluding hydrogens is 384 g/mol. The van der Waals surface area contributed by atoms with Gasteiger partial charge in [0, 0.05) is 26.2 Å². The number of nitrogens with zero attached hydrogens (tertiary/aromatic N) is 4. The highest BCUT2D eigenvalue weighted by Gasteiger charge is 2.22. The highest BCUT2D eigenvalue weighted by molar-refractivity contribution is 7.22. The van der Waals surface area contributed by atoms with Gasteiger partial charge in [-0.05, 0) is 55.2 Å². The van der Waals surface area contributed by atoms with Crippen LogP contribution in [0.2, 0.25) is 0 Å². The quantitative estimate of drug-likeness (QED) is 0.454. The molecule has 144 valence electrons. The molecule has 1 saturated heterocycles. The summed E-state index contributed by atoms with van der Waals surface area (Å²) in [6.07, 6.45) is 1.07. The van der Waals surface area contributed by atoms with E-state index in [1.165, 1.54) is 26.1 Å². The summed E-state index contributed by atoms with van der Waals surface area (Å²) in [5.41, 5.74) is 6.26. The van der Waals surface area contributed by atoms with E-state index in [-0.39, 0.29) is 0 Å². The van der Waals surface area contributed by atoms with Crippen molar-refractivity contribution < 1.29 is 0 Å². The fourth-order valence-electron chi connectivity index (χ4n) is 3.90. The molecule has 1 aliphatic rings. The van der Waals surface area contributed by atoms with Crippen LogP contribution in [-0.4, -0.2) is 36.1 Å². The van der Waals surface area contributed by atoms with Gasteiger partial charge in [-0.1, -0.05) is 41.7 Å². The Labute approximate surface area is 173 Å². The molecule has 0 aliphatic carbocycles. The number of fused-ring (bicyclic) bond motifs is 2. The van der Waals surface area contributed by atoms with Gasteiger partial charge < -0.3 is 9.80 Å². The molecule has 0 bridgehead atoms. The molecule has 2 aromatic heterocycles. The van der Waals surface area contributed by atoms with E-state index in [9.17, 15) is 0 Å². The zero-order valence-corrected chi connectivity index (χ0v) is 18.2. The maximum Gasteiger partial charge on any atom is 0.186 e. The molecule has 0 unspecified atom stereocenters. The van der Waals surface area contributed by atoms with E-state index >= 15 is 0 Å². The van der Waals surface area contributed by atoms with Crippen molar-refractivity contribution in [2.24, 2.45) is 0 Å². The van der Waals surface area contributed by atoms with Crippen LogP contribution in [0.3, 0.4) is 0 Å². The SMILES string of the molecule is CCc1ccc2nc(N3CCN(c4nc5cc(C)cc(C)c5s4)CC3)sc2c1. The van der Waals surface area contributed by atoms with Crippen LogP contribution in [0.15, 0.2) is 30.3 Å². The predicted octanol–water partition coefficient (Wildman–Crippen LogP) is 5.41. The number of thiazole rings is 2. The lowest BCUT2D eigenvalue weighted by Gasteiger charge is -2.34. The van der Waals surface area contributed by atoms with Crippen LogP contribution in [0.25, 0.3) is 20.4 Å². The number of benzene rings is 2. The van der Waals surface area contributed by atoms with E-state index in [4.69, 9.17) is 9.97 Å². The highest BCUT2D eigenvalue weighted by Crippen LogP contribution is 2.34. The minimum absolute atomic E-state index is 0.994. The molecule has 6 heteroatoms. The number of anilines is 2. The number of aromatic nitrogens is 2. The van der Waals surface area contributed by atoms with E-state index in [1.807, 2.05) is 22.7 Å². The molecule has 1 fully saturated rings. The Morgan fingerprint density at radius 3 is 2.25 bits per heavy atom. The van der Waals surface area contributed by atoms with E-state index in [1.54, 1.807) is 0 Å². The van der Waals surface area contributed by atoms with Crippen molar-refractivity contribution in [3.63, 3.8) is 0 Å². The molecule has 4 aromatic rings.